The summed E-state index contributed by atoms with van der Waals surface area (Å²) in [5, 5.41) is 3.39. The van der Waals surface area contributed by atoms with Crippen LogP contribution in [0.5, 0.6) is 0 Å². The Morgan fingerprint density at radius 1 is 1.20 bits per heavy atom. The van der Waals surface area contributed by atoms with Crippen molar-refractivity contribution in [2.24, 2.45) is 5.92 Å². The zero-order valence-corrected chi connectivity index (χ0v) is 12.3. The summed E-state index contributed by atoms with van der Waals surface area (Å²) in [6, 6.07) is 4.45. The van der Waals surface area contributed by atoms with Crippen molar-refractivity contribution in [1.82, 2.24) is 5.32 Å². The normalized spacial score (nSPS) is 18.1. The lowest BCUT2D eigenvalue weighted by molar-refractivity contribution is 0.295. The highest BCUT2D eigenvalue weighted by Gasteiger charge is 2.23. The molecule has 0 aliphatic heterocycles. The topological polar surface area (TPSA) is 12.0 Å². The molecule has 1 aliphatic carbocycles. The van der Waals surface area contributed by atoms with E-state index in [2.05, 4.69) is 12.2 Å². The van der Waals surface area contributed by atoms with Gasteiger partial charge in [0.25, 0.3) is 0 Å². The maximum Gasteiger partial charge on any atom is 0.163 e. The summed E-state index contributed by atoms with van der Waals surface area (Å²) >= 11 is 0. The lowest BCUT2D eigenvalue weighted by Crippen LogP contribution is -2.26. The lowest BCUT2D eigenvalue weighted by Gasteiger charge is -2.28. The van der Waals surface area contributed by atoms with E-state index in [1.807, 2.05) is 0 Å². The average molecular weight is 281 g/mol. The summed E-state index contributed by atoms with van der Waals surface area (Å²) in [5.41, 5.74) is 0.490. The molecule has 0 saturated heterocycles. The summed E-state index contributed by atoms with van der Waals surface area (Å²) in [6.07, 6.45) is 8.23. The van der Waals surface area contributed by atoms with E-state index in [0.29, 0.717) is 11.5 Å². The Morgan fingerprint density at radius 2 is 1.95 bits per heavy atom. The van der Waals surface area contributed by atoms with E-state index in [-0.39, 0.29) is 6.04 Å². The minimum atomic E-state index is -0.741. The first-order valence-corrected chi connectivity index (χ1v) is 7.89. The molecule has 20 heavy (non-hydrogen) atoms. The van der Waals surface area contributed by atoms with Gasteiger partial charge in [-0.25, -0.2) is 8.78 Å². The van der Waals surface area contributed by atoms with Crippen molar-refractivity contribution in [1.29, 1.82) is 0 Å². The fourth-order valence-electron chi connectivity index (χ4n) is 3.18. The summed E-state index contributed by atoms with van der Waals surface area (Å²) in [4.78, 5) is 0. The third kappa shape index (κ3) is 4.02. The van der Waals surface area contributed by atoms with Crippen molar-refractivity contribution in [3.8, 4) is 0 Å². The van der Waals surface area contributed by atoms with Gasteiger partial charge in [-0.05, 0) is 31.4 Å². The van der Waals surface area contributed by atoms with Crippen molar-refractivity contribution >= 4 is 0 Å². The quantitative estimate of drug-likeness (QED) is 0.775. The molecule has 0 heterocycles. The minimum absolute atomic E-state index is 0.0613. The van der Waals surface area contributed by atoms with E-state index >= 15 is 0 Å². The average Bonchev–Trinajstić information content (AvgIpc) is 2.48. The van der Waals surface area contributed by atoms with Crippen LogP contribution in [0.3, 0.4) is 0 Å². The monoisotopic (exact) mass is 281 g/mol. The van der Waals surface area contributed by atoms with Crippen LogP contribution in [0.4, 0.5) is 8.78 Å². The van der Waals surface area contributed by atoms with Gasteiger partial charge in [0.1, 0.15) is 0 Å². The molecule has 1 N–H and O–H groups in total. The van der Waals surface area contributed by atoms with E-state index in [1.165, 1.54) is 38.2 Å². The molecule has 0 radical (unpaired) electrons. The van der Waals surface area contributed by atoms with Crippen LogP contribution in [0.1, 0.15) is 63.5 Å². The fraction of sp³-hybridized carbons (Fsp3) is 0.647. The Kier molecular flexibility index (Phi) is 5.96. The van der Waals surface area contributed by atoms with Crippen LogP contribution in [-0.2, 0) is 0 Å². The van der Waals surface area contributed by atoms with E-state index in [0.717, 1.165) is 19.4 Å². The van der Waals surface area contributed by atoms with Crippen LogP contribution < -0.4 is 5.32 Å². The molecular weight excluding hydrogens is 256 g/mol. The molecule has 1 saturated carbocycles. The Balaban J connectivity index is 2.11. The first kappa shape index (κ1) is 15.4. The Labute approximate surface area is 120 Å². The van der Waals surface area contributed by atoms with Crippen molar-refractivity contribution in [2.75, 3.05) is 6.54 Å². The molecule has 0 bridgehead atoms. The van der Waals surface area contributed by atoms with E-state index < -0.39 is 11.6 Å². The number of hydrogen-bond donors (Lipinski definition) is 1. The van der Waals surface area contributed by atoms with Crippen LogP contribution in [0, 0.1) is 17.6 Å². The minimum Gasteiger partial charge on any atom is -0.310 e. The summed E-state index contributed by atoms with van der Waals surface area (Å²) in [6.45, 7) is 2.93. The third-order valence-electron chi connectivity index (χ3n) is 4.29. The Hall–Kier alpha value is -0.960. The SMILES string of the molecule is CCCNC(CC1CCCCC1)c1cccc(F)c1F. The smallest absolute Gasteiger partial charge is 0.163 e. The molecular formula is C17H25F2N. The predicted molar refractivity (Wildman–Crippen MR) is 78.6 cm³/mol. The van der Waals surface area contributed by atoms with Gasteiger partial charge in [-0.1, -0.05) is 51.2 Å². The molecule has 3 heteroatoms. The van der Waals surface area contributed by atoms with Crippen molar-refractivity contribution in [3.05, 3.63) is 35.4 Å². The summed E-state index contributed by atoms with van der Waals surface area (Å²) in [7, 11) is 0. The highest BCUT2D eigenvalue weighted by Crippen LogP contribution is 2.33. The van der Waals surface area contributed by atoms with Crippen LogP contribution in [0.15, 0.2) is 18.2 Å². The summed E-state index contributed by atoms with van der Waals surface area (Å²) in [5.74, 6) is -0.785. The maximum absolute atomic E-state index is 14.0. The number of hydrogen-bond acceptors (Lipinski definition) is 1. The molecule has 1 unspecified atom stereocenters. The van der Waals surface area contributed by atoms with Crippen LogP contribution in [0.2, 0.25) is 0 Å². The Morgan fingerprint density at radius 3 is 2.65 bits per heavy atom. The molecule has 1 atom stereocenters. The third-order valence-corrected chi connectivity index (χ3v) is 4.29. The molecule has 112 valence electrons. The van der Waals surface area contributed by atoms with E-state index in [1.54, 1.807) is 12.1 Å². The fourth-order valence-corrected chi connectivity index (χ4v) is 3.18. The second-order valence-electron chi connectivity index (χ2n) is 5.89. The second kappa shape index (κ2) is 7.72. The number of halogens is 2. The molecule has 0 spiro atoms. The number of rotatable bonds is 6. The van der Waals surface area contributed by atoms with Gasteiger partial charge in [0, 0.05) is 11.6 Å². The standard InChI is InChI=1S/C17H25F2N/c1-2-11-20-16(12-13-7-4-3-5-8-13)14-9-6-10-15(18)17(14)19/h6,9-10,13,16,20H,2-5,7-8,11-12H2,1H3. The first-order valence-electron chi connectivity index (χ1n) is 7.89. The first-order chi connectivity index (χ1) is 9.72. The molecule has 0 aromatic heterocycles. The predicted octanol–water partition coefficient (Wildman–Crippen LogP) is 4.98. The van der Waals surface area contributed by atoms with Crippen molar-refractivity contribution < 1.29 is 8.78 Å². The number of benzene rings is 1. The number of nitrogens with one attached hydrogen (secondary N) is 1. The molecule has 2 rings (SSSR count). The van der Waals surface area contributed by atoms with E-state index in [4.69, 9.17) is 0 Å². The van der Waals surface area contributed by atoms with Crippen LogP contribution >= 0.6 is 0 Å². The second-order valence-corrected chi connectivity index (χ2v) is 5.89. The molecule has 1 aromatic carbocycles. The molecule has 1 aromatic rings. The summed E-state index contributed by atoms with van der Waals surface area (Å²) < 4.78 is 27.5. The molecule has 1 nitrogen and oxygen atoms in total. The van der Waals surface area contributed by atoms with Crippen molar-refractivity contribution in [3.63, 3.8) is 0 Å². The van der Waals surface area contributed by atoms with Gasteiger partial charge in [-0.2, -0.15) is 0 Å². The van der Waals surface area contributed by atoms with Gasteiger partial charge in [-0.15, -0.1) is 0 Å². The van der Waals surface area contributed by atoms with Crippen molar-refractivity contribution in [2.45, 2.75) is 57.9 Å². The van der Waals surface area contributed by atoms with Gasteiger partial charge in [0.05, 0.1) is 0 Å². The van der Waals surface area contributed by atoms with E-state index in [9.17, 15) is 8.78 Å². The zero-order chi connectivity index (χ0) is 14.4. The van der Waals surface area contributed by atoms with Gasteiger partial charge in [-0.3, -0.25) is 0 Å². The zero-order valence-electron chi connectivity index (χ0n) is 12.3. The van der Waals surface area contributed by atoms with Gasteiger partial charge in [0.15, 0.2) is 11.6 Å². The lowest BCUT2D eigenvalue weighted by atomic mass is 9.83. The molecule has 0 amide bonds. The van der Waals surface area contributed by atoms with Gasteiger partial charge >= 0.3 is 0 Å². The Bertz CT molecular complexity index is 413. The molecule has 1 aliphatic rings. The largest absolute Gasteiger partial charge is 0.310 e. The maximum atomic E-state index is 14.0. The molecule has 1 fully saturated rings. The van der Waals surface area contributed by atoms with Crippen LogP contribution in [0.25, 0.3) is 0 Å². The highest BCUT2D eigenvalue weighted by molar-refractivity contribution is 5.22. The van der Waals surface area contributed by atoms with Gasteiger partial charge < -0.3 is 5.32 Å². The van der Waals surface area contributed by atoms with Crippen LogP contribution in [-0.4, -0.2) is 6.54 Å². The van der Waals surface area contributed by atoms with Gasteiger partial charge in [0.2, 0.25) is 0 Å². The highest BCUT2D eigenvalue weighted by atomic mass is 19.2.